The number of ether oxygens (including phenoxy) is 14. The molecule has 34 heteroatoms. The zero-order valence-corrected chi connectivity index (χ0v) is 54.8. The van der Waals surface area contributed by atoms with Crippen molar-refractivity contribution in [3.63, 3.8) is 0 Å². The Morgan fingerprint density at radius 3 is 1.67 bits per heavy atom. The van der Waals surface area contributed by atoms with Gasteiger partial charge in [0.05, 0.1) is 64.6 Å². The molecule has 7 saturated heterocycles. The normalized spacial score (nSPS) is 54.3. The standard InChI is InChI=1S/C63H104O34/c1-22(20-85-55-47(80)43(76)39(72)32(15-64)88-55)8-11-63(84-5)23(2)37-31(97-63)13-27-25-7-6-24-12-30(28(69)14-62(24,4)26(25)9-10-61(27,37)3)87-57-49(82)45(78)51(36(19-68)92-57)93-60-54(53(42(75)35(18-67)91-60)95-56-46(79)38(71)29(70)21-86-56)96-59-50(83)52(41(74)34(17-66)90-59)94-58-48(81)44(77)40(73)33(16-65)89-58/h6,22-23,25-60,64-83H,7-21H2,1-5H3/t22-,23-,25-,26-,27+,28-,29-,30-,31+,32-,33-,34-,35-,36-,37+,38+,39-,40-,41-,42-,43+,44+,45-,46-,47-,48-,49-,50-,51-,52+,53+,54-,55-,56+,57-,58+,59+,60+,61-,62+,63+/m0/s1. The van der Waals surface area contributed by atoms with Crippen LogP contribution in [0, 0.1) is 46.3 Å². The van der Waals surface area contributed by atoms with E-state index in [2.05, 4.69) is 26.8 Å². The average molecular weight is 1410 g/mol. The zero-order chi connectivity index (χ0) is 70.2. The van der Waals surface area contributed by atoms with Gasteiger partial charge in [-0.15, -0.1) is 0 Å². The molecule has 0 aromatic rings. The monoisotopic (exact) mass is 1400 g/mol. The average Bonchev–Trinajstić information content (AvgIpc) is 1.57. The Morgan fingerprint density at radius 1 is 0.526 bits per heavy atom. The summed E-state index contributed by atoms with van der Waals surface area (Å²) in [6, 6.07) is 0. The summed E-state index contributed by atoms with van der Waals surface area (Å²) in [5.74, 6) is -0.0359. The van der Waals surface area contributed by atoms with E-state index < -0.39 is 241 Å². The molecule has 0 aromatic carbocycles. The Bertz CT molecular complexity index is 2580. The minimum atomic E-state index is -2.23. The minimum absolute atomic E-state index is 0.0108. The third-order valence-electron chi connectivity index (χ3n) is 23.7. The van der Waals surface area contributed by atoms with Crippen LogP contribution in [-0.2, 0) is 66.3 Å². The number of aliphatic hydroxyl groups excluding tert-OH is 20. The molecule has 34 nitrogen and oxygen atoms in total. The van der Waals surface area contributed by atoms with Crippen molar-refractivity contribution in [2.24, 2.45) is 46.3 Å². The van der Waals surface area contributed by atoms with Crippen LogP contribution < -0.4 is 0 Å². The van der Waals surface area contributed by atoms with Gasteiger partial charge >= 0.3 is 0 Å². The van der Waals surface area contributed by atoms with E-state index >= 15 is 0 Å². The van der Waals surface area contributed by atoms with E-state index in [4.69, 9.17) is 66.3 Å². The molecule has 7 heterocycles. The molecule has 0 bridgehead atoms. The van der Waals surface area contributed by atoms with Crippen molar-refractivity contribution in [1.82, 2.24) is 0 Å². The number of methoxy groups -OCH3 is 1. The van der Waals surface area contributed by atoms with Gasteiger partial charge in [-0.05, 0) is 85.4 Å². The fraction of sp³-hybridized carbons (Fsp3) is 0.968. The molecule has 41 atom stereocenters. The predicted molar refractivity (Wildman–Crippen MR) is 317 cm³/mol. The first kappa shape index (κ1) is 76.5. The fourth-order valence-corrected chi connectivity index (χ4v) is 18.1. The van der Waals surface area contributed by atoms with Gasteiger partial charge in [0.2, 0.25) is 0 Å². The van der Waals surface area contributed by atoms with Crippen LogP contribution in [0.5, 0.6) is 0 Å². The van der Waals surface area contributed by atoms with Crippen molar-refractivity contribution in [2.45, 2.75) is 281 Å². The lowest BCUT2D eigenvalue weighted by Gasteiger charge is -2.59. The van der Waals surface area contributed by atoms with Crippen molar-refractivity contribution in [2.75, 3.05) is 53.4 Å². The highest BCUT2D eigenvalue weighted by atomic mass is 16.8. The first-order valence-electron chi connectivity index (χ1n) is 34.0. The van der Waals surface area contributed by atoms with Crippen molar-refractivity contribution in [3.8, 4) is 0 Å². The zero-order valence-electron chi connectivity index (χ0n) is 54.8. The van der Waals surface area contributed by atoms with E-state index in [0.29, 0.717) is 12.8 Å². The molecular weight excluding hydrogens is 1300 g/mol. The summed E-state index contributed by atoms with van der Waals surface area (Å²) in [4.78, 5) is 0. The Hall–Kier alpha value is -1.62. The van der Waals surface area contributed by atoms with Gasteiger partial charge in [-0.1, -0.05) is 39.3 Å². The number of hydrogen-bond acceptors (Lipinski definition) is 34. The van der Waals surface area contributed by atoms with Gasteiger partial charge in [0.1, 0.15) is 140 Å². The van der Waals surface area contributed by atoms with Gasteiger partial charge in [0.15, 0.2) is 43.5 Å². The summed E-state index contributed by atoms with van der Waals surface area (Å²) in [5, 5.41) is 217. The van der Waals surface area contributed by atoms with Crippen molar-refractivity contribution < 1.29 is 168 Å². The summed E-state index contributed by atoms with van der Waals surface area (Å²) in [6.07, 6.45) is -47.7. The van der Waals surface area contributed by atoms with Crippen LogP contribution in [-0.4, -0.2) is 358 Å². The van der Waals surface area contributed by atoms with E-state index in [-0.39, 0.29) is 66.5 Å². The number of hydrogen-bond donors (Lipinski definition) is 20. The highest BCUT2D eigenvalue weighted by Gasteiger charge is 2.69. The van der Waals surface area contributed by atoms with Crippen LogP contribution in [0.3, 0.4) is 0 Å². The highest BCUT2D eigenvalue weighted by molar-refractivity contribution is 5.28. The quantitative estimate of drug-likeness (QED) is 0.0448. The van der Waals surface area contributed by atoms with Gasteiger partial charge in [0.25, 0.3) is 0 Å². The van der Waals surface area contributed by atoms with E-state index in [0.717, 1.165) is 31.3 Å². The lowest BCUT2D eigenvalue weighted by Crippen LogP contribution is -2.69. The number of aliphatic hydroxyl groups is 20. The van der Waals surface area contributed by atoms with Gasteiger partial charge in [-0.2, -0.15) is 0 Å². The third-order valence-corrected chi connectivity index (χ3v) is 23.7. The summed E-state index contributed by atoms with van der Waals surface area (Å²) in [6.45, 7) is 3.87. The van der Waals surface area contributed by atoms with Gasteiger partial charge in [0, 0.05) is 19.4 Å². The second kappa shape index (κ2) is 30.8. The largest absolute Gasteiger partial charge is 0.394 e. The summed E-state index contributed by atoms with van der Waals surface area (Å²) in [5.41, 5.74) is 0.482. The summed E-state index contributed by atoms with van der Waals surface area (Å²) >= 11 is 0. The fourth-order valence-electron chi connectivity index (χ4n) is 18.1. The highest BCUT2D eigenvalue weighted by Crippen LogP contribution is 2.70. The number of allylic oxidation sites excluding steroid dienone is 1. The van der Waals surface area contributed by atoms with Crippen molar-refractivity contribution in [3.05, 3.63) is 11.6 Å². The molecule has 11 rings (SSSR count). The van der Waals surface area contributed by atoms with Crippen molar-refractivity contribution >= 4 is 0 Å². The SMILES string of the molecule is CO[C@]1(CC[C@H](C)CO[C@H]2O[C@@H](CO)[C@H](O)[C@@H](O)[C@@H]2O)O[C@@H]2C[C@@H]3[C@H]4CC=C5C[C@H](O[C@H]6O[C@@H](CO)[C@H](O[C@H]7O[C@@H](CO)[C@H](O)[C@@H](O[C@H]8OC[C@H](O)[C@@H](O)[C@@H]8O)[C@@H]7O[C@H]7O[C@@H](CO)[C@H](O)[C@@H](O[C@H]8O[C@@H](CO)[C@H](O)[C@@H](O)[C@@H]8O)[C@@H]7O)[C@@H](O)[C@@H]6O)[C@@H](O)C[C@@]5(C)[C@H]4CC[C@]3(C)[C@@H]2[C@@H]1C. The second-order valence-corrected chi connectivity index (χ2v) is 29.3. The van der Waals surface area contributed by atoms with E-state index in [1.54, 1.807) is 7.11 Å². The van der Waals surface area contributed by atoms with Gasteiger partial charge < -0.3 is 168 Å². The molecule has 7 aliphatic heterocycles. The Balaban J connectivity index is 0.758. The summed E-state index contributed by atoms with van der Waals surface area (Å²) < 4.78 is 84.3. The Morgan fingerprint density at radius 2 is 1.04 bits per heavy atom. The van der Waals surface area contributed by atoms with E-state index in [1.165, 1.54) is 0 Å². The van der Waals surface area contributed by atoms with Crippen LogP contribution in [0.1, 0.15) is 79.1 Å². The first-order valence-corrected chi connectivity index (χ1v) is 34.0. The molecular formula is C63H104O34. The van der Waals surface area contributed by atoms with E-state index in [1.807, 2.05) is 6.92 Å². The molecule has 3 saturated carbocycles. The van der Waals surface area contributed by atoms with Crippen LogP contribution in [0.15, 0.2) is 11.6 Å². The third kappa shape index (κ3) is 14.2. The van der Waals surface area contributed by atoms with Crippen LogP contribution >= 0.6 is 0 Å². The molecule has 0 spiro atoms. The van der Waals surface area contributed by atoms with Crippen LogP contribution in [0.25, 0.3) is 0 Å². The molecule has 11 aliphatic rings. The Labute approximate surface area is 559 Å². The molecule has 20 N–H and O–H groups in total. The first-order chi connectivity index (χ1) is 46.0. The number of fused-ring (bicyclic) bond motifs is 7. The summed E-state index contributed by atoms with van der Waals surface area (Å²) in [7, 11) is 1.67. The second-order valence-electron chi connectivity index (χ2n) is 29.3. The van der Waals surface area contributed by atoms with Crippen LogP contribution in [0.2, 0.25) is 0 Å². The minimum Gasteiger partial charge on any atom is -0.394 e. The number of rotatable bonds is 22. The molecule has 10 fully saturated rings. The predicted octanol–water partition coefficient (Wildman–Crippen LogP) is -8.12. The van der Waals surface area contributed by atoms with E-state index in [9.17, 15) is 102 Å². The topological polar surface area (TPSA) is 534 Å². The Kier molecular flexibility index (Phi) is 24.3. The van der Waals surface area contributed by atoms with Gasteiger partial charge in [-0.3, -0.25) is 0 Å². The maximum absolute atomic E-state index is 12.1. The lowest BCUT2D eigenvalue weighted by molar-refractivity contribution is -0.409. The van der Waals surface area contributed by atoms with Crippen molar-refractivity contribution in [1.29, 1.82) is 0 Å². The smallest absolute Gasteiger partial charge is 0.187 e. The molecule has 4 aliphatic carbocycles. The molecule has 0 radical (unpaired) electrons. The molecule has 97 heavy (non-hydrogen) atoms. The maximum Gasteiger partial charge on any atom is 0.187 e. The van der Waals surface area contributed by atoms with Gasteiger partial charge in [-0.25, -0.2) is 0 Å². The molecule has 0 unspecified atom stereocenters. The molecule has 0 amide bonds. The maximum atomic E-state index is 12.1. The molecule has 0 aromatic heterocycles. The van der Waals surface area contributed by atoms with Crippen LogP contribution in [0.4, 0.5) is 0 Å². The molecule has 560 valence electrons. The lowest BCUT2D eigenvalue weighted by atomic mass is 9.46.